The molecule has 0 unspecified atom stereocenters. The average Bonchev–Trinajstić information content (AvgIpc) is 2.78. The van der Waals surface area contributed by atoms with E-state index in [9.17, 15) is 0 Å². The van der Waals surface area contributed by atoms with Crippen molar-refractivity contribution in [3.63, 3.8) is 0 Å². The first kappa shape index (κ1) is 13.7. The molecule has 0 saturated heterocycles. The summed E-state index contributed by atoms with van der Waals surface area (Å²) < 4.78 is 7.67. The van der Waals surface area contributed by atoms with Crippen LogP contribution in [0.3, 0.4) is 0 Å². The molecule has 0 spiro atoms. The highest BCUT2D eigenvalue weighted by molar-refractivity contribution is 4.78. The van der Waals surface area contributed by atoms with Gasteiger partial charge >= 0.3 is 0 Å². The molecule has 0 fully saturated rings. The van der Waals surface area contributed by atoms with E-state index < -0.39 is 0 Å². The molecular weight excluding hydrogens is 214 g/mol. The fraction of sp³-hybridized carbons (Fsp3) is 0.692. The van der Waals surface area contributed by atoms with Crippen LogP contribution in [0.15, 0.2) is 12.4 Å². The van der Waals surface area contributed by atoms with Crippen LogP contribution in [0.2, 0.25) is 0 Å². The third-order valence-corrected chi connectivity index (χ3v) is 2.63. The Bertz CT molecular complexity index is 341. The predicted molar refractivity (Wildman–Crippen MR) is 65.3 cm³/mol. The van der Waals surface area contributed by atoms with E-state index in [1.54, 1.807) is 0 Å². The highest BCUT2D eigenvalue weighted by atomic mass is 16.5. The van der Waals surface area contributed by atoms with Crippen molar-refractivity contribution in [2.75, 3.05) is 13.2 Å². The molecule has 0 radical (unpaired) electrons. The molecule has 0 amide bonds. The van der Waals surface area contributed by atoms with Crippen LogP contribution in [-0.4, -0.2) is 18.2 Å². The van der Waals surface area contributed by atoms with Crippen molar-refractivity contribution in [3.05, 3.63) is 18.2 Å². The molecule has 17 heavy (non-hydrogen) atoms. The van der Waals surface area contributed by atoms with Crippen molar-refractivity contribution in [1.82, 2.24) is 4.98 Å². The molecule has 94 valence electrons. The molecule has 0 saturated carbocycles. The molecule has 1 aromatic rings. The Morgan fingerprint density at radius 2 is 2.29 bits per heavy atom. The number of hydrogen-bond donors (Lipinski definition) is 1. The Balaban J connectivity index is 2.25. The Hall–Kier alpha value is -1.34. The van der Waals surface area contributed by atoms with Crippen LogP contribution in [0.4, 0.5) is 0 Å². The van der Waals surface area contributed by atoms with Crippen molar-refractivity contribution in [1.29, 1.82) is 5.26 Å². The fourth-order valence-corrected chi connectivity index (χ4v) is 1.73. The molecule has 1 N–H and O–H groups in total. The van der Waals surface area contributed by atoms with E-state index in [2.05, 4.69) is 28.7 Å². The minimum atomic E-state index is 0.653. The molecule has 1 rings (SSSR count). The lowest BCUT2D eigenvalue weighted by Gasteiger charge is -2.02. The standard InChI is InChI=1S/C13H21N3O/c1-2-11-17-12-10-16-9-8-15-13(16)6-4-3-5-7-14/h8-9H,2-6,10-12H2,1H3/p+1. The maximum Gasteiger partial charge on any atom is 0.254 e. The summed E-state index contributed by atoms with van der Waals surface area (Å²) in [5.74, 6) is 1.23. The zero-order valence-electron chi connectivity index (χ0n) is 10.6. The number of unbranched alkanes of at least 4 members (excludes halogenated alkanes) is 2. The second-order valence-electron chi connectivity index (χ2n) is 4.08. The molecule has 1 heterocycles. The van der Waals surface area contributed by atoms with E-state index in [1.807, 2.05) is 6.20 Å². The van der Waals surface area contributed by atoms with Gasteiger partial charge in [0.1, 0.15) is 18.9 Å². The van der Waals surface area contributed by atoms with Gasteiger partial charge in [-0.05, 0) is 19.3 Å². The van der Waals surface area contributed by atoms with Gasteiger partial charge in [0, 0.05) is 19.4 Å². The molecule has 0 aromatic carbocycles. The second-order valence-corrected chi connectivity index (χ2v) is 4.08. The number of aromatic amines is 1. The van der Waals surface area contributed by atoms with Gasteiger partial charge in [0.25, 0.3) is 5.82 Å². The molecule has 1 aromatic heterocycles. The lowest BCUT2D eigenvalue weighted by molar-refractivity contribution is -0.704. The average molecular weight is 236 g/mol. The summed E-state index contributed by atoms with van der Waals surface area (Å²) in [6.45, 7) is 4.62. The van der Waals surface area contributed by atoms with E-state index in [4.69, 9.17) is 10.00 Å². The van der Waals surface area contributed by atoms with Crippen molar-refractivity contribution < 1.29 is 9.30 Å². The third-order valence-electron chi connectivity index (χ3n) is 2.63. The van der Waals surface area contributed by atoms with Gasteiger partial charge in [0.2, 0.25) is 0 Å². The molecule has 4 heteroatoms. The number of hydrogen-bond acceptors (Lipinski definition) is 2. The van der Waals surface area contributed by atoms with E-state index in [1.165, 1.54) is 5.82 Å². The summed E-state index contributed by atoms with van der Waals surface area (Å²) in [5.41, 5.74) is 0. The number of rotatable bonds is 9. The summed E-state index contributed by atoms with van der Waals surface area (Å²) in [5, 5.41) is 8.47. The monoisotopic (exact) mass is 236 g/mol. The molecule has 0 aliphatic carbocycles. The van der Waals surface area contributed by atoms with Crippen LogP contribution in [0.5, 0.6) is 0 Å². The molecule has 0 aliphatic rings. The number of imidazole rings is 1. The number of nitriles is 1. The van der Waals surface area contributed by atoms with Gasteiger partial charge in [-0.1, -0.05) is 6.92 Å². The number of aromatic nitrogens is 2. The number of H-pyrrole nitrogens is 1. The zero-order valence-corrected chi connectivity index (χ0v) is 10.6. The number of nitrogens with one attached hydrogen (secondary N) is 1. The second kappa shape index (κ2) is 8.77. The minimum absolute atomic E-state index is 0.653. The van der Waals surface area contributed by atoms with Gasteiger partial charge in [-0.2, -0.15) is 5.26 Å². The largest absolute Gasteiger partial charge is 0.377 e. The van der Waals surface area contributed by atoms with Crippen molar-refractivity contribution >= 4 is 0 Å². The third kappa shape index (κ3) is 5.50. The summed E-state index contributed by atoms with van der Waals surface area (Å²) in [6.07, 6.45) is 8.77. The van der Waals surface area contributed by atoms with E-state index in [0.29, 0.717) is 6.42 Å². The molecule has 0 atom stereocenters. The summed E-state index contributed by atoms with van der Waals surface area (Å²) in [7, 11) is 0. The Kier molecular flexibility index (Phi) is 7.08. The maximum atomic E-state index is 8.47. The van der Waals surface area contributed by atoms with Crippen molar-refractivity contribution in [2.45, 2.75) is 45.6 Å². The van der Waals surface area contributed by atoms with Crippen molar-refractivity contribution in [2.24, 2.45) is 0 Å². The van der Waals surface area contributed by atoms with Crippen LogP contribution in [0.25, 0.3) is 0 Å². The summed E-state index contributed by atoms with van der Waals surface area (Å²) >= 11 is 0. The first-order valence-electron chi connectivity index (χ1n) is 6.39. The molecule has 0 aliphatic heterocycles. The van der Waals surface area contributed by atoms with Crippen LogP contribution in [0, 0.1) is 11.3 Å². The van der Waals surface area contributed by atoms with Crippen LogP contribution in [-0.2, 0) is 17.7 Å². The topological polar surface area (TPSA) is 52.7 Å². The quantitative estimate of drug-likeness (QED) is 0.526. The first-order valence-corrected chi connectivity index (χ1v) is 6.39. The number of ether oxygens (including phenoxy) is 1. The SMILES string of the molecule is CCCOCC[n+]1cc[nH]c1CCCCC#N. The number of nitrogens with zero attached hydrogens (tertiary/aromatic N) is 2. The molecular formula is C13H22N3O+. The van der Waals surface area contributed by atoms with E-state index >= 15 is 0 Å². The molecule has 4 nitrogen and oxygen atoms in total. The lowest BCUT2D eigenvalue weighted by Crippen LogP contribution is -2.38. The van der Waals surface area contributed by atoms with Gasteiger partial charge < -0.3 is 4.74 Å². The van der Waals surface area contributed by atoms with E-state index in [-0.39, 0.29) is 0 Å². The Morgan fingerprint density at radius 1 is 1.41 bits per heavy atom. The number of aryl methyl sites for hydroxylation is 1. The Labute approximate surface area is 103 Å². The molecule has 0 bridgehead atoms. The normalized spacial score (nSPS) is 10.4. The van der Waals surface area contributed by atoms with Gasteiger partial charge in [-0.25, -0.2) is 9.55 Å². The highest BCUT2D eigenvalue weighted by Gasteiger charge is 2.09. The minimum Gasteiger partial charge on any atom is -0.377 e. The zero-order chi connectivity index (χ0) is 12.3. The first-order chi connectivity index (χ1) is 8.38. The van der Waals surface area contributed by atoms with E-state index in [0.717, 1.165) is 45.4 Å². The lowest BCUT2D eigenvalue weighted by atomic mass is 10.2. The van der Waals surface area contributed by atoms with Crippen LogP contribution in [0.1, 0.15) is 38.4 Å². The van der Waals surface area contributed by atoms with Gasteiger partial charge in [0.15, 0.2) is 0 Å². The predicted octanol–water partition coefficient (Wildman–Crippen LogP) is 1.97. The van der Waals surface area contributed by atoms with Gasteiger partial charge in [-0.3, -0.25) is 0 Å². The smallest absolute Gasteiger partial charge is 0.254 e. The summed E-state index contributed by atoms with van der Waals surface area (Å²) in [4.78, 5) is 3.25. The highest BCUT2D eigenvalue weighted by Crippen LogP contribution is 2.00. The maximum absolute atomic E-state index is 8.47. The van der Waals surface area contributed by atoms with Gasteiger partial charge in [-0.15, -0.1) is 0 Å². The van der Waals surface area contributed by atoms with Crippen LogP contribution < -0.4 is 4.57 Å². The van der Waals surface area contributed by atoms with Crippen LogP contribution >= 0.6 is 0 Å². The fourth-order valence-electron chi connectivity index (χ4n) is 1.73. The van der Waals surface area contributed by atoms with Gasteiger partial charge in [0.05, 0.1) is 12.7 Å². The summed E-state index contributed by atoms with van der Waals surface area (Å²) in [6, 6.07) is 2.17. The van der Waals surface area contributed by atoms with Crippen molar-refractivity contribution in [3.8, 4) is 6.07 Å². The Morgan fingerprint density at radius 3 is 3.06 bits per heavy atom.